The summed E-state index contributed by atoms with van der Waals surface area (Å²) in [4.78, 5) is 0. The smallest absolute Gasteiger partial charge is 0.111 e. The highest BCUT2D eigenvalue weighted by Crippen LogP contribution is 2.36. The van der Waals surface area contributed by atoms with Gasteiger partial charge in [0.25, 0.3) is 0 Å². The largest absolute Gasteiger partial charge is 0.390 e. The SMILES string of the molecule is OCc1nnn(C2CCCC2)c1CC1CC1. The van der Waals surface area contributed by atoms with Crippen LogP contribution in [-0.2, 0) is 13.0 Å². The number of nitrogens with zero attached hydrogens (tertiary/aromatic N) is 3. The molecule has 2 aliphatic rings. The predicted molar refractivity (Wildman–Crippen MR) is 59.9 cm³/mol. The minimum atomic E-state index is 0.0365. The summed E-state index contributed by atoms with van der Waals surface area (Å²) >= 11 is 0. The van der Waals surface area contributed by atoms with Gasteiger partial charge in [-0.2, -0.15) is 0 Å². The minimum absolute atomic E-state index is 0.0365. The van der Waals surface area contributed by atoms with Crippen LogP contribution in [0, 0.1) is 5.92 Å². The highest BCUT2D eigenvalue weighted by atomic mass is 16.3. The van der Waals surface area contributed by atoms with Gasteiger partial charge in [-0.15, -0.1) is 5.10 Å². The Morgan fingerprint density at radius 1 is 1.19 bits per heavy atom. The Morgan fingerprint density at radius 2 is 1.94 bits per heavy atom. The van der Waals surface area contributed by atoms with Crippen molar-refractivity contribution in [2.24, 2.45) is 5.92 Å². The molecular weight excluding hydrogens is 202 g/mol. The van der Waals surface area contributed by atoms with Gasteiger partial charge >= 0.3 is 0 Å². The molecule has 0 aliphatic heterocycles. The summed E-state index contributed by atoms with van der Waals surface area (Å²) in [6.07, 6.45) is 8.81. The lowest BCUT2D eigenvalue weighted by Crippen LogP contribution is -2.12. The number of hydrogen-bond donors (Lipinski definition) is 1. The third kappa shape index (κ3) is 1.86. The molecule has 4 heteroatoms. The molecule has 2 saturated carbocycles. The van der Waals surface area contributed by atoms with Crippen LogP contribution in [0.1, 0.15) is 56.0 Å². The van der Waals surface area contributed by atoms with Gasteiger partial charge in [0.15, 0.2) is 0 Å². The Kier molecular flexibility index (Phi) is 2.67. The molecule has 0 saturated heterocycles. The molecule has 0 bridgehead atoms. The Hall–Kier alpha value is -0.900. The van der Waals surface area contributed by atoms with Crippen LogP contribution in [0.15, 0.2) is 0 Å². The molecule has 0 unspecified atom stereocenters. The Labute approximate surface area is 95.7 Å². The summed E-state index contributed by atoms with van der Waals surface area (Å²) in [5, 5.41) is 17.7. The molecule has 0 aromatic carbocycles. The zero-order chi connectivity index (χ0) is 11.0. The first kappa shape index (κ1) is 10.3. The van der Waals surface area contributed by atoms with Crippen LogP contribution in [0.25, 0.3) is 0 Å². The normalized spacial score (nSPS) is 21.8. The van der Waals surface area contributed by atoms with Crippen molar-refractivity contribution in [2.45, 2.75) is 57.6 Å². The van der Waals surface area contributed by atoms with E-state index in [1.54, 1.807) is 0 Å². The topological polar surface area (TPSA) is 50.9 Å². The van der Waals surface area contributed by atoms with Gasteiger partial charge in [0.05, 0.1) is 18.3 Å². The van der Waals surface area contributed by atoms with Crippen LogP contribution in [0.4, 0.5) is 0 Å². The van der Waals surface area contributed by atoms with Crippen LogP contribution >= 0.6 is 0 Å². The quantitative estimate of drug-likeness (QED) is 0.844. The van der Waals surface area contributed by atoms with Crippen molar-refractivity contribution in [2.75, 3.05) is 0 Å². The Balaban J connectivity index is 1.86. The molecule has 4 nitrogen and oxygen atoms in total. The molecule has 0 amide bonds. The molecule has 88 valence electrons. The Morgan fingerprint density at radius 3 is 2.56 bits per heavy atom. The maximum Gasteiger partial charge on any atom is 0.111 e. The van der Waals surface area contributed by atoms with E-state index in [9.17, 15) is 5.11 Å². The van der Waals surface area contributed by atoms with Crippen LogP contribution in [-0.4, -0.2) is 20.1 Å². The van der Waals surface area contributed by atoms with E-state index in [1.165, 1.54) is 44.2 Å². The van der Waals surface area contributed by atoms with E-state index in [0.717, 1.165) is 18.0 Å². The van der Waals surface area contributed by atoms with Crippen molar-refractivity contribution < 1.29 is 5.11 Å². The lowest BCUT2D eigenvalue weighted by molar-refractivity contribution is 0.275. The van der Waals surface area contributed by atoms with E-state index in [0.29, 0.717) is 6.04 Å². The maximum atomic E-state index is 9.29. The molecule has 1 aromatic rings. The summed E-state index contributed by atoms with van der Waals surface area (Å²) < 4.78 is 2.11. The third-order valence-electron chi connectivity index (χ3n) is 3.87. The lowest BCUT2D eigenvalue weighted by atomic mass is 10.1. The highest BCUT2D eigenvalue weighted by Gasteiger charge is 2.28. The molecule has 1 N–H and O–H groups in total. The van der Waals surface area contributed by atoms with Crippen LogP contribution in [0.2, 0.25) is 0 Å². The number of aliphatic hydroxyl groups is 1. The molecule has 0 atom stereocenters. The second-order valence-corrected chi connectivity index (χ2v) is 5.17. The monoisotopic (exact) mass is 221 g/mol. The number of aliphatic hydroxyl groups excluding tert-OH is 1. The highest BCUT2D eigenvalue weighted by molar-refractivity contribution is 5.12. The standard InChI is InChI=1S/C12H19N3O/c16-8-11-12(7-9-5-6-9)15(14-13-11)10-3-1-2-4-10/h9-10,16H,1-8H2. The van der Waals surface area contributed by atoms with E-state index in [4.69, 9.17) is 0 Å². The maximum absolute atomic E-state index is 9.29. The first-order valence-electron chi connectivity index (χ1n) is 6.42. The minimum Gasteiger partial charge on any atom is -0.390 e. The van der Waals surface area contributed by atoms with Gasteiger partial charge in [0.2, 0.25) is 0 Å². The van der Waals surface area contributed by atoms with Crippen LogP contribution < -0.4 is 0 Å². The second-order valence-electron chi connectivity index (χ2n) is 5.17. The fourth-order valence-corrected chi connectivity index (χ4v) is 2.72. The van der Waals surface area contributed by atoms with Crippen molar-refractivity contribution in [3.05, 3.63) is 11.4 Å². The van der Waals surface area contributed by atoms with E-state index < -0.39 is 0 Å². The predicted octanol–water partition coefficient (Wildman–Crippen LogP) is 1.84. The van der Waals surface area contributed by atoms with Gasteiger partial charge < -0.3 is 5.11 Å². The molecule has 0 spiro atoms. The number of aromatic nitrogens is 3. The van der Waals surface area contributed by atoms with E-state index in [1.807, 2.05) is 0 Å². The van der Waals surface area contributed by atoms with Crippen molar-refractivity contribution in [1.29, 1.82) is 0 Å². The summed E-state index contributed by atoms with van der Waals surface area (Å²) in [5.41, 5.74) is 2.01. The van der Waals surface area contributed by atoms with Gasteiger partial charge in [-0.05, 0) is 38.0 Å². The third-order valence-corrected chi connectivity index (χ3v) is 3.87. The summed E-state index contributed by atoms with van der Waals surface area (Å²) in [5.74, 6) is 0.823. The Bertz CT molecular complexity index is 364. The van der Waals surface area contributed by atoms with Crippen molar-refractivity contribution in [1.82, 2.24) is 15.0 Å². The van der Waals surface area contributed by atoms with Crippen molar-refractivity contribution >= 4 is 0 Å². The van der Waals surface area contributed by atoms with Gasteiger partial charge in [0.1, 0.15) is 5.69 Å². The van der Waals surface area contributed by atoms with Gasteiger partial charge in [0, 0.05) is 0 Å². The molecule has 2 aliphatic carbocycles. The van der Waals surface area contributed by atoms with E-state index in [2.05, 4.69) is 15.0 Å². The molecule has 3 rings (SSSR count). The van der Waals surface area contributed by atoms with Crippen LogP contribution in [0.3, 0.4) is 0 Å². The summed E-state index contributed by atoms with van der Waals surface area (Å²) in [7, 11) is 0. The van der Waals surface area contributed by atoms with Gasteiger partial charge in [-0.25, -0.2) is 4.68 Å². The average Bonchev–Trinajstić information content (AvgIpc) is 2.81. The van der Waals surface area contributed by atoms with E-state index in [-0.39, 0.29) is 6.61 Å². The van der Waals surface area contributed by atoms with Gasteiger partial charge in [-0.3, -0.25) is 0 Å². The van der Waals surface area contributed by atoms with Gasteiger partial charge in [-0.1, -0.05) is 18.1 Å². The molecule has 16 heavy (non-hydrogen) atoms. The number of rotatable bonds is 4. The summed E-state index contributed by atoms with van der Waals surface area (Å²) in [6.45, 7) is 0.0365. The fraction of sp³-hybridized carbons (Fsp3) is 0.833. The van der Waals surface area contributed by atoms with Crippen LogP contribution in [0.5, 0.6) is 0 Å². The average molecular weight is 221 g/mol. The lowest BCUT2D eigenvalue weighted by Gasteiger charge is -2.13. The molecule has 1 heterocycles. The first-order valence-corrected chi connectivity index (χ1v) is 6.42. The van der Waals surface area contributed by atoms with Crippen molar-refractivity contribution in [3.8, 4) is 0 Å². The zero-order valence-corrected chi connectivity index (χ0v) is 9.60. The first-order chi connectivity index (χ1) is 7.88. The zero-order valence-electron chi connectivity index (χ0n) is 9.60. The van der Waals surface area contributed by atoms with E-state index >= 15 is 0 Å². The summed E-state index contributed by atoms with van der Waals surface area (Å²) in [6, 6.07) is 0.543. The fourth-order valence-electron chi connectivity index (χ4n) is 2.72. The molecule has 0 radical (unpaired) electrons. The molecule has 1 aromatic heterocycles. The molecule has 2 fully saturated rings. The number of hydrogen-bond acceptors (Lipinski definition) is 3. The van der Waals surface area contributed by atoms with Crippen molar-refractivity contribution in [3.63, 3.8) is 0 Å². The second kappa shape index (κ2) is 4.17. The molecular formula is C12H19N3O.